The zero-order chi connectivity index (χ0) is 20.3. The summed E-state index contributed by atoms with van der Waals surface area (Å²) in [6, 6.07) is 0. The van der Waals surface area contributed by atoms with Gasteiger partial charge in [0.1, 0.15) is 0 Å². The lowest BCUT2D eigenvalue weighted by molar-refractivity contribution is -0.184. The van der Waals surface area contributed by atoms with E-state index in [1.54, 1.807) is 11.1 Å². The minimum Gasteiger partial charge on any atom is -0.348 e. The van der Waals surface area contributed by atoms with Crippen molar-refractivity contribution in [2.24, 2.45) is 11.8 Å². The molecule has 0 aromatic heterocycles. The summed E-state index contributed by atoms with van der Waals surface area (Å²) in [6.07, 6.45) is 21.1. The molecule has 6 rings (SSSR count). The smallest absolute Gasteiger partial charge is 0.169 e. The highest BCUT2D eigenvalue weighted by atomic mass is 16.7. The Kier molecular flexibility index (Phi) is 6.86. The van der Waals surface area contributed by atoms with Crippen LogP contribution in [0.25, 0.3) is 0 Å². The number of hydrogen-bond donors (Lipinski definition) is 0. The third-order valence-corrected chi connectivity index (χ3v) is 8.81. The highest BCUT2D eigenvalue weighted by Gasteiger charge is 2.42. The quantitative estimate of drug-likeness (QED) is 0.469. The molecule has 4 heteroatoms. The van der Waals surface area contributed by atoms with Gasteiger partial charge >= 0.3 is 0 Å². The molecule has 6 fully saturated rings. The Hall–Kier alpha value is -0.420. The van der Waals surface area contributed by atoms with Gasteiger partial charge in [-0.15, -0.1) is 0 Å². The van der Waals surface area contributed by atoms with E-state index in [9.17, 15) is 0 Å². The minimum absolute atomic E-state index is 0.144. The maximum Gasteiger partial charge on any atom is 0.169 e. The molecule has 4 saturated carbocycles. The highest BCUT2D eigenvalue weighted by molar-refractivity contribution is 5.19. The molecule has 4 nitrogen and oxygen atoms in total. The molecule has 2 saturated heterocycles. The van der Waals surface area contributed by atoms with E-state index in [4.69, 9.17) is 18.9 Å². The first-order valence-corrected chi connectivity index (χ1v) is 13.0. The number of allylic oxidation sites excluding steroid dienone is 2. The molecule has 2 heterocycles. The maximum absolute atomic E-state index is 5.77. The first kappa shape index (κ1) is 21.4. The largest absolute Gasteiger partial charge is 0.348 e. The summed E-state index contributed by atoms with van der Waals surface area (Å²) in [5, 5.41) is 0. The van der Waals surface area contributed by atoms with Gasteiger partial charge in [-0.1, -0.05) is 36.8 Å². The molecule has 170 valence electrons. The molecule has 0 bridgehead atoms. The van der Waals surface area contributed by atoms with Crippen molar-refractivity contribution in [2.75, 3.05) is 26.4 Å². The first-order chi connectivity index (χ1) is 14.8. The van der Waals surface area contributed by atoms with Gasteiger partial charge in [-0.2, -0.15) is 0 Å². The molecule has 0 aromatic carbocycles. The zero-order valence-electron chi connectivity index (χ0n) is 18.9. The summed E-state index contributed by atoms with van der Waals surface area (Å²) >= 11 is 0. The second-order valence-corrected chi connectivity index (χ2v) is 10.5. The number of ether oxygens (including phenoxy) is 4. The van der Waals surface area contributed by atoms with Gasteiger partial charge in [-0.05, 0) is 63.2 Å². The van der Waals surface area contributed by atoms with Gasteiger partial charge in [-0.25, -0.2) is 0 Å². The molecule has 2 aliphatic heterocycles. The third-order valence-electron chi connectivity index (χ3n) is 8.81. The Morgan fingerprint density at radius 2 is 0.900 bits per heavy atom. The van der Waals surface area contributed by atoms with Crippen LogP contribution in [0.15, 0.2) is 11.1 Å². The van der Waals surface area contributed by atoms with Gasteiger partial charge in [0.25, 0.3) is 0 Å². The third kappa shape index (κ3) is 4.82. The predicted molar refractivity (Wildman–Crippen MR) is 117 cm³/mol. The van der Waals surface area contributed by atoms with E-state index in [2.05, 4.69) is 0 Å². The summed E-state index contributed by atoms with van der Waals surface area (Å²) in [5.41, 5.74) is 3.50. The zero-order valence-corrected chi connectivity index (χ0v) is 18.9. The standard InChI is InChI=1S/C13H22O2.C13H20O2/c2*1-2-4-11(3-1)12-5-7-13(8-6-12)14-9-10-15-13/h11-12H,1-10H2;1-10H2. The van der Waals surface area contributed by atoms with Crippen molar-refractivity contribution < 1.29 is 18.9 Å². The normalized spacial score (nSPS) is 33.4. The second kappa shape index (κ2) is 9.60. The topological polar surface area (TPSA) is 36.9 Å². The van der Waals surface area contributed by atoms with Crippen LogP contribution in [0.5, 0.6) is 0 Å². The fourth-order valence-corrected chi connectivity index (χ4v) is 6.99. The van der Waals surface area contributed by atoms with Crippen LogP contribution in [-0.4, -0.2) is 38.0 Å². The monoisotopic (exact) mass is 418 g/mol. The maximum atomic E-state index is 5.77. The van der Waals surface area contributed by atoms with Gasteiger partial charge in [0.15, 0.2) is 11.6 Å². The van der Waals surface area contributed by atoms with Gasteiger partial charge in [0.2, 0.25) is 0 Å². The van der Waals surface area contributed by atoms with E-state index in [0.29, 0.717) is 0 Å². The van der Waals surface area contributed by atoms with Crippen molar-refractivity contribution in [3.63, 3.8) is 0 Å². The Morgan fingerprint density at radius 3 is 1.43 bits per heavy atom. The first-order valence-electron chi connectivity index (χ1n) is 13.0. The molecular formula is C26H42O4. The van der Waals surface area contributed by atoms with Crippen LogP contribution in [0.1, 0.15) is 103 Å². The lowest BCUT2D eigenvalue weighted by atomic mass is 9.77. The molecule has 4 aliphatic carbocycles. The summed E-state index contributed by atoms with van der Waals surface area (Å²) in [6.45, 7) is 3.22. The van der Waals surface area contributed by atoms with Crippen molar-refractivity contribution >= 4 is 0 Å². The van der Waals surface area contributed by atoms with E-state index < -0.39 is 0 Å². The Bertz CT molecular complexity index is 564. The summed E-state index contributed by atoms with van der Waals surface area (Å²) in [5.74, 6) is 1.69. The molecule has 0 unspecified atom stereocenters. The SMILES string of the molecule is C1CCC(=C2CCC3(CC2)OCCO3)C1.C1CCC(C2CCC3(CC2)OCCO3)C1. The Labute approximate surface area is 183 Å². The lowest BCUT2D eigenvalue weighted by Gasteiger charge is -2.37. The van der Waals surface area contributed by atoms with Crippen LogP contribution in [0, 0.1) is 11.8 Å². The molecule has 0 N–H and O–H groups in total. The van der Waals surface area contributed by atoms with Crippen molar-refractivity contribution in [3.8, 4) is 0 Å². The predicted octanol–water partition coefficient (Wildman–Crippen LogP) is 6.28. The molecule has 2 spiro atoms. The van der Waals surface area contributed by atoms with E-state index in [-0.39, 0.29) is 11.6 Å². The van der Waals surface area contributed by atoms with Crippen LogP contribution in [0.3, 0.4) is 0 Å². The fourth-order valence-electron chi connectivity index (χ4n) is 6.99. The van der Waals surface area contributed by atoms with Gasteiger partial charge in [0.05, 0.1) is 26.4 Å². The molecule has 30 heavy (non-hydrogen) atoms. The van der Waals surface area contributed by atoms with Crippen molar-refractivity contribution in [2.45, 2.75) is 114 Å². The lowest BCUT2D eigenvalue weighted by Crippen LogP contribution is -2.36. The van der Waals surface area contributed by atoms with Gasteiger partial charge in [-0.3, -0.25) is 0 Å². The van der Waals surface area contributed by atoms with E-state index >= 15 is 0 Å². The van der Waals surface area contributed by atoms with Crippen molar-refractivity contribution in [1.82, 2.24) is 0 Å². The Balaban J connectivity index is 0.000000128. The second-order valence-electron chi connectivity index (χ2n) is 10.5. The Morgan fingerprint density at radius 1 is 0.467 bits per heavy atom. The molecule has 0 amide bonds. The fraction of sp³-hybridized carbons (Fsp3) is 0.923. The van der Waals surface area contributed by atoms with Crippen molar-refractivity contribution in [3.05, 3.63) is 11.1 Å². The van der Waals surface area contributed by atoms with E-state index in [0.717, 1.165) is 63.9 Å². The molecule has 0 atom stereocenters. The summed E-state index contributed by atoms with van der Waals surface area (Å²) in [4.78, 5) is 0. The molecule has 0 aromatic rings. The van der Waals surface area contributed by atoms with Crippen LogP contribution in [0.2, 0.25) is 0 Å². The summed E-state index contributed by atoms with van der Waals surface area (Å²) in [7, 11) is 0. The number of hydrogen-bond acceptors (Lipinski definition) is 4. The van der Waals surface area contributed by atoms with Crippen LogP contribution >= 0.6 is 0 Å². The van der Waals surface area contributed by atoms with Crippen LogP contribution < -0.4 is 0 Å². The van der Waals surface area contributed by atoms with Gasteiger partial charge in [0, 0.05) is 25.7 Å². The van der Waals surface area contributed by atoms with Crippen LogP contribution in [-0.2, 0) is 18.9 Å². The van der Waals surface area contributed by atoms with E-state index in [1.807, 2.05) is 0 Å². The van der Waals surface area contributed by atoms with E-state index in [1.165, 1.54) is 77.0 Å². The van der Waals surface area contributed by atoms with Crippen molar-refractivity contribution in [1.29, 1.82) is 0 Å². The average Bonchev–Trinajstić information content (AvgIpc) is 3.59. The molecule has 0 radical (unpaired) electrons. The average molecular weight is 419 g/mol. The molecule has 6 aliphatic rings. The van der Waals surface area contributed by atoms with Gasteiger partial charge < -0.3 is 18.9 Å². The number of rotatable bonds is 1. The van der Waals surface area contributed by atoms with Crippen LogP contribution in [0.4, 0.5) is 0 Å². The summed E-state index contributed by atoms with van der Waals surface area (Å²) < 4.78 is 23.0. The molecular weight excluding hydrogens is 376 g/mol. The highest BCUT2D eigenvalue weighted by Crippen LogP contribution is 2.45. The minimum atomic E-state index is -0.178.